The summed E-state index contributed by atoms with van der Waals surface area (Å²) in [6.45, 7) is -0.0101. The Balaban J connectivity index is 2.68. The number of carbonyl (C=O) groups excluding carboxylic acids is 2. The fraction of sp³-hybridized carbons (Fsp3) is 0.389. The third kappa shape index (κ3) is 7.13. The molecule has 3 N–H and O–H groups in total. The van der Waals surface area contributed by atoms with Crippen molar-refractivity contribution in [3.8, 4) is 11.5 Å². The van der Waals surface area contributed by atoms with Crippen LogP contribution < -0.4 is 9.47 Å². The summed E-state index contributed by atoms with van der Waals surface area (Å²) in [5, 5.41) is 26.9. The quantitative estimate of drug-likeness (QED) is 0.239. The average Bonchev–Trinajstić information content (AvgIpc) is 2.63. The molecule has 0 fully saturated rings. The first-order valence-corrected chi connectivity index (χ1v) is 8.28. The van der Waals surface area contributed by atoms with E-state index in [1.807, 2.05) is 0 Å². The van der Waals surface area contributed by atoms with Crippen molar-refractivity contribution >= 4 is 30.2 Å². The van der Waals surface area contributed by atoms with E-state index < -0.39 is 42.3 Å². The fourth-order valence-corrected chi connectivity index (χ4v) is 2.36. The van der Waals surface area contributed by atoms with Crippen LogP contribution in [0.2, 0.25) is 0 Å². The molecule has 0 unspecified atom stereocenters. The van der Waals surface area contributed by atoms with Crippen LogP contribution in [0, 0.1) is 0 Å². The molecule has 0 radical (unpaired) electrons. The topological polar surface area (TPSA) is 174 Å². The molecule has 0 bridgehead atoms. The molecular weight excluding hydrogens is 392 g/mol. The summed E-state index contributed by atoms with van der Waals surface area (Å²) in [6.07, 6.45) is -2.05. The minimum atomic E-state index is -2.70. The van der Waals surface area contributed by atoms with Crippen LogP contribution in [0.3, 0.4) is 0 Å². The van der Waals surface area contributed by atoms with Gasteiger partial charge in [-0.25, -0.2) is 4.79 Å². The Morgan fingerprint density at radius 2 is 1.66 bits per heavy atom. The van der Waals surface area contributed by atoms with Crippen molar-refractivity contribution in [3.63, 3.8) is 0 Å². The van der Waals surface area contributed by atoms with Crippen LogP contribution in [-0.2, 0) is 23.9 Å². The molecule has 0 saturated heterocycles. The number of aliphatic carboxylic acids is 3. The zero-order valence-corrected chi connectivity index (χ0v) is 15.5. The number of benzene rings is 1. The normalized spacial score (nSPS) is 10.7. The van der Waals surface area contributed by atoms with Crippen molar-refractivity contribution in [2.45, 2.75) is 31.3 Å². The second-order valence-electron chi connectivity index (χ2n) is 5.89. The van der Waals surface area contributed by atoms with Gasteiger partial charge in [-0.3, -0.25) is 19.2 Å². The number of rotatable bonds is 13. The van der Waals surface area contributed by atoms with E-state index in [0.717, 1.165) is 0 Å². The molecule has 11 heteroatoms. The van der Waals surface area contributed by atoms with Crippen LogP contribution in [0.1, 0.15) is 36.0 Å². The lowest BCUT2D eigenvalue weighted by atomic mass is 9.95. The van der Waals surface area contributed by atoms with Gasteiger partial charge in [0.05, 0.1) is 26.6 Å². The molecule has 0 aromatic heterocycles. The highest BCUT2D eigenvalue weighted by Crippen LogP contribution is 2.28. The zero-order valence-electron chi connectivity index (χ0n) is 15.5. The second-order valence-corrected chi connectivity index (χ2v) is 5.89. The van der Waals surface area contributed by atoms with Gasteiger partial charge < -0.3 is 29.5 Å². The Morgan fingerprint density at radius 3 is 2.14 bits per heavy atom. The first kappa shape index (κ1) is 23.4. The van der Waals surface area contributed by atoms with Crippen LogP contribution in [-0.4, -0.2) is 64.8 Å². The highest BCUT2D eigenvalue weighted by atomic mass is 16.6. The van der Waals surface area contributed by atoms with Crippen molar-refractivity contribution in [2.75, 3.05) is 13.7 Å². The predicted octanol–water partition coefficient (Wildman–Crippen LogP) is 0.983. The smallest absolute Gasteiger partial charge is 0.349 e. The van der Waals surface area contributed by atoms with Crippen molar-refractivity contribution in [1.82, 2.24) is 0 Å². The maximum atomic E-state index is 12.0. The highest BCUT2D eigenvalue weighted by molar-refractivity contribution is 5.90. The van der Waals surface area contributed by atoms with Gasteiger partial charge in [0.1, 0.15) is 6.29 Å². The maximum Gasteiger partial charge on any atom is 0.349 e. The molecule has 0 heterocycles. The standard InChI is InChI=1S/C18H20O11/c1-27-13-7-11(10-19)4-5-12(13)28-6-2-3-16(24)29-18(17(25)26,8-14(20)21)9-15(22)23/h4-5,7,10H,2-3,6,8-9H2,1H3,(H,20,21)(H,22,23)(H,25,26). The number of carbonyl (C=O) groups is 5. The molecule has 0 aliphatic carbocycles. The summed E-state index contributed by atoms with van der Waals surface area (Å²) >= 11 is 0. The van der Waals surface area contributed by atoms with E-state index in [-0.39, 0.29) is 19.4 Å². The largest absolute Gasteiger partial charge is 0.493 e. The van der Waals surface area contributed by atoms with Crippen molar-refractivity contribution < 1.29 is 53.5 Å². The zero-order chi connectivity index (χ0) is 22.0. The van der Waals surface area contributed by atoms with E-state index in [2.05, 4.69) is 0 Å². The lowest BCUT2D eigenvalue weighted by Crippen LogP contribution is -2.47. The van der Waals surface area contributed by atoms with Gasteiger partial charge in [-0.05, 0) is 24.6 Å². The third-order valence-electron chi connectivity index (χ3n) is 3.68. The van der Waals surface area contributed by atoms with Crippen molar-refractivity contribution in [1.29, 1.82) is 0 Å². The number of ether oxygens (including phenoxy) is 3. The molecule has 1 rings (SSSR count). The van der Waals surface area contributed by atoms with Gasteiger partial charge in [0.2, 0.25) is 5.60 Å². The monoisotopic (exact) mass is 412 g/mol. The molecule has 1 aromatic rings. The summed E-state index contributed by atoms with van der Waals surface area (Å²) in [6, 6.07) is 4.45. The number of methoxy groups -OCH3 is 1. The lowest BCUT2D eigenvalue weighted by Gasteiger charge is -2.26. The average molecular weight is 412 g/mol. The van der Waals surface area contributed by atoms with Gasteiger partial charge >= 0.3 is 23.9 Å². The van der Waals surface area contributed by atoms with Gasteiger partial charge in [0, 0.05) is 12.0 Å². The Bertz CT molecular complexity index is 768. The molecule has 1 aromatic carbocycles. The Hall–Kier alpha value is -3.63. The van der Waals surface area contributed by atoms with Crippen LogP contribution >= 0.6 is 0 Å². The summed E-state index contributed by atoms with van der Waals surface area (Å²) in [4.78, 5) is 55.9. The maximum absolute atomic E-state index is 12.0. The van der Waals surface area contributed by atoms with Crippen LogP contribution in [0.4, 0.5) is 0 Å². The van der Waals surface area contributed by atoms with Gasteiger partial charge in [0.15, 0.2) is 11.5 Å². The van der Waals surface area contributed by atoms with Crippen LogP contribution in [0.15, 0.2) is 18.2 Å². The van der Waals surface area contributed by atoms with Gasteiger partial charge in [-0.2, -0.15) is 0 Å². The Kier molecular flexibility index (Phi) is 8.59. The first-order valence-electron chi connectivity index (χ1n) is 8.28. The molecule has 0 saturated carbocycles. The molecule has 0 aliphatic rings. The van der Waals surface area contributed by atoms with E-state index in [1.54, 1.807) is 0 Å². The predicted molar refractivity (Wildman–Crippen MR) is 94.1 cm³/mol. The number of carboxylic acids is 3. The number of aldehydes is 1. The van der Waals surface area contributed by atoms with Crippen molar-refractivity contribution in [2.24, 2.45) is 0 Å². The van der Waals surface area contributed by atoms with Gasteiger partial charge in [-0.1, -0.05) is 0 Å². The number of esters is 1. The van der Waals surface area contributed by atoms with E-state index >= 15 is 0 Å². The van der Waals surface area contributed by atoms with Crippen molar-refractivity contribution in [3.05, 3.63) is 23.8 Å². The van der Waals surface area contributed by atoms with E-state index in [0.29, 0.717) is 23.3 Å². The third-order valence-corrected chi connectivity index (χ3v) is 3.68. The Labute approximate surface area is 164 Å². The minimum absolute atomic E-state index is 0.0101. The number of carboxylic acid groups (broad SMARTS) is 3. The summed E-state index contributed by atoms with van der Waals surface area (Å²) in [7, 11) is 1.38. The number of hydrogen-bond donors (Lipinski definition) is 3. The molecule has 11 nitrogen and oxygen atoms in total. The van der Waals surface area contributed by atoms with Crippen LogP contribution in [0.25, 0.3) is 0 Å². The minimum Gasteiger partial charge on any atom is -0.493 e. The van der Waals surface area contributed by atoms with Gasteiger partial charge in [0.25, 0.3) is 0 Å². The fourth-order valence-electron chi connectivity index (χ4n) is 2.36. The molecule has 0 amide bonds. The SMILES string of the molecule is COc1cc(C=O)ccc1OCCCC(=O)OC(CC(=O)O)(CC(=O)O)C(=O)O. The molecule has 158 valence electrons. The van der Waals surface area contributed by atoms with E-state index in [9.17, 15) is 29.1 Å². The lowest BCUT2D eigenvalue weighted by molar-refractivity contribution is -0.186. The summed E-state index contributed by atoms with van der Waals surface area (Å²) < 4.78 is 15.2. The molecular formula is C18H20O11. The molecule has 0 aliphatic heterocycles. The summed E-state index contributed by atoms with van der Waals surface area (Å²) in [5.41, 5.74) is -2.33. The molecule has 0 spiro atoms. The second kappa shape index (κ2) is 10.6. The van der Waals surface area contributed by atoms with E-state index in [1.165, 1.54) is 25.3 Å². The molecule has 0 atom stereocenters. The molecule has 29 heavy (non-hydrogen) atoms. The van der Waals surface area contributed by atoms with Crippen LogP contribution in [0.5, 0.6) is 11.5 Å². The van der Waals surface area contributed by atoms with E-state index in [4.69, 9.17) is 24.4 Å². The Morgan fingerprint density at radius 1 is 1.03 bits per heavy atom. The summed E-state index contributed by atoms with van der Waals surface area (Å²) in [5.74, 6) is -5.60. The van der Waals surface area contributed by atoms with Gasteiger partial charge in [-0.15, -0.1) is 0 Å². The highest BCUT2D eigenvalue weighted by Gasteiger charge is 2.47. The first-order chi connectivity index (χ1) is 13.6. The number of hydrogen-bond acceptors (Lipinski definition) is 8.